The highest BCUT2D eigenvalue weighted by Gasteiger charge is 2.22. The molecule has 0 spiro atoms. The van der Waals surface area contributed by atoms with Gasteiger partial charge < -0.3 is 15.2 Å². The van der Waals surface area contributed by atoms with Gasteiger partial charge in [-0.3, -0.25) is 4.79 Å². The molecule has 1 aliphatic carbocycles. The van der Waals surface area contributed by atoms with Gasteiger partial charge in [0.2, 0.25) is 5.28 Å². The van der Waals surface area contributed by atoms with Gasteiger partial charge in [0.05, 0.1) is 19.1 Å². The van der Waals surface area contributed by atoms with Crippen molar-refractivity contribution in [2.45, 2.75) is 51.2 Å². The quantitative estimate of drug-likeness (QED) is 0.638. The third kappa shape index (κ3) is 4.82. The van der Waals surface area contributed by atoms with E-state index in [2.05, 4.69) is 15.3 Å². The van der Waals surface area contributed by atoms with Crippen LogP contribution >= 0.6 is 11.6 Å². The normalized spacial score (nSPS) is 21.9. The van der Waals surface area contributed by atoms with E-state index in [0.717, 1.165) is 19.3 Å². The van der Waals surface area contributed by atoms with Crippen LogP contribution < -0.4 is 5.32 Å². The van der Waals surface area contributed by atoms with Crippen LogP contribution in [0.5, 0.6) is 0 Å². The molecule has 1 saturated carbocycles. The van der Waals surface area contributed by atoms with Crippen molar-refractivity contribution in [3.8, 4) is 0 Å². The Morgan fingerprint density at radius 3 is 3.10 bits per heavy atom. The van der Waals surface area contributed by atoms with Crippen LogP contribution in [0, 0.1) is 0 Å². The number of nitrogens with one attached hydrogen (secondary N) is 1. The maximum atomic E-state index is 11.6. The van der Waals surface area contributed by atoms with Crippen LogP contribution in [0.1, 0.15) is 38.2 Å². The summed E-state index contributed by atoms with van der Waals surface area (Å²) in [6, 6.07) is 0.126. The largest absolute Gasteiger partial charge is 0.466 e. The molecule has 21 heavy (non-hydrogen) atoms. The Morgan fingerprint density at radius 1 is 1.57 bits per heavy atom. The second kappa shape index (κ2) is 7.56. The lowest BCUT2D eigenvalue weighted by Crippen LogP contribution is -2.30. The van der Waals surface area contributed by atoms with Crippen LogP contribution in [0.3, 0.4) is 0 Å². The average molecular weight is 314 g/mol. The predicted octanol–water partition coefficient (Wildman–Crippen LogP) is 1.95. The summed E-state index contributed by atoms with van der Waals surface area (Å²) in [4.78, 5) is 19.7. The molecular weight excluding hydrogens is 294 g/mol. The summed E-state index contributed by atoms with van der Waals surface area (Å²) >= 11 is 5.83. The van der Waals surface area contributed by atoms with Crippen molar-refractivity contribution in [3.63, 3.8) is 0 Å². The molecule has 0 aliphatic heterocycles. The zero-order valence-corrected chi connectivity index (χ0v) is 12.8. The fourth-order valence-electron chi connectivity index (χ4n) is 2.50. The topological polar surface area (TPSA) is 84.3 Å². The third-order valence-corrected chi connectivity index (χ3v) is 3.64. The maximum absolute atomic E-state index is 11.6. The highest BCUT2D eigenvalue weighted by molar-refractivity contribution is 6.28. The molecule has 0 saturated heterocycles. The number of halogens is 1. The number of carbonyl (C=O) groups is 1. The SMILES string of the molecule is CCOC(=O)Cc1cnc(Cl)nc1N[C@@H]1CCC[C@@H](O)C1. The van der Waals surface area contributed by atoms with E-state index >= 15 is 0 Å². The van der Waals surface area contributed by atoms with Gasteiger partial charge in [-0.1, -0.05) is 0 Å². The number of anilines is 1. The molecule has 0 aromatic carbocycles. The van der Waals surface area contributed by atoms with E-state index in [4.69, 9.17) is 16.3 Å². The lowest BCUT2D eigenvalue weighted by molar-refractivity contribution is -0.142. The van der Waals surface area contributed by atoms with Gasteiger partial charge in [0.1, 0.15) is 5.82 Å². The van der Waals surface area contributed by atoms with E-state index in [1.165, 1.54) is 6.20 Å². The van der Waals surface area contributed by atoms with Gasteiger partial charge in [-0.05, 0) is 44.2 Å². The standard InChI is InChI=1S/C14H20ClN3O3/c1-2-21-12(20)6-9-8-16-14(15)18-13(9)17-10-4-3-5-11(19)7-10/h8,10-11,19H,2-7H2,1H3,(H,16,17,18)/t10-,11-/m1/s1. The molecular formula is C14H20ClN3O3. The molecule has 1 heterocycles. The van der Waals surface area contributed by atoms with E-state index < -0.39 is 0 Å². The smallest absolute Gasteiger partial charge is 0.310 e. The summed E-state index contributed by atoms with van der Waals surface area (Å²) in [6.07, 6.45) is 4.76. The number of carbonyl (C=O) groups excluding carboxylic acids is 1. The van der Waals surface area contributed by atoms with Crippen molar-refractivity contribution in [2.75, 3.05) is 11.9 Å². The van der Waals surface area contributed by atoms with E-state index in [0.29, 0.717) is 24.4 Å². The van der Waals surface area contributed by atoms with Crippen LogP contribution in [0.15, 0.2) is 6.20 Å². The Bertz CT molecular complexity index is 498. The van der Waals surface area contributed by atoms with E-state index in [-0.39, 0.29) is 29.8 Å². The molecule has 116 valence electrons. The summed E-state index contributed by atoms with van der Waals surface area (Å²) in [7, 11) is 0. The van der Waals surface area contributed by atoms with E-state index in [9.17, 15) is 9.90 Å². The van der Waals surface area contributed by atoms with Gasteiger partial charge in [-0.15, -0.1) is 0 Å². The monoisotopic (exact) mass is 313 g/mol. The number of aromatic nitrogens is 2. The number of hydrogen-bond donors (Lipinski definition) is 2. The minimum Gasteiger partial charge on any atom is -0.466 e. The fourth-order valence-corrected chi connectivity index (χ4v) is 2.63. The summed E-state index contributed by atoms with van der Waals surface area (Å²) in [6.45, 7) is 2.10. The Hall–Kier alpha value is -1.40. The first-order chi connectivity index (χ1) is 10.1. The first-order valence-electron chi connectivity index (χ1n) is 7.20. The van der Waals surface area contributed by atoms with Gasteiger partial charge >= 0.3 is 5.97 Å². The number of rotatable bonds is 5. The van der Waals surface area contributed by atoms with Crippen molar-refractivity contribution >= 4 is 23.4 Å². The molecule has 0 unspecified atom stereocenters. The average Bonchev–Trinajstić information content (AvgIpc) is 2.42. The van der Waals surface area contributed by atoms with Crippen molar-refractivity contribution in [3.05, 3.63) is 17.0 Å². The number of nitrogens with zero attached hydrogens (tertiary/aromatic N) is 2. The molecule has 1 aliphatic rings. The lowest BCUT2D eigenvalue weighted by Gasteiger charge is -2.27. The minimum atomic E-state index is -0.324. The minimum absolute atomic E-state index is 0.0998. The first-order valence-corrected chi connectivity index (χ1v) is 7.58. The molecule has 0 bridgehead atoms. The van der Waals surface area contributed by atoms with Gasteiger partial charge in [-0.25, -0.2) is 9.97 Å². The van der Waals surface area contributed by atoms with Gasteiger partial charge in [0, 0.05) is 17.8 Å². The second-order valence-corrected chi connectivity index (χ2v) is 5.49. The second-order valence-electron chi connectivity index (χ2n) is 5.16. The molecule has 0 amide bonds. The molecule has 7 heteroatoms. The van der Waals surface area contributed by atoms with Crippen LogP contribution in [-0.2, 0) is 16.0 Å². The molecule has 2 atom stereocenters. The molecule has 0 radical (unpaired) electrons. The lowest BCUT2D eigenvalue weighted by atomic mass is 9.93. The molecule has 1 aromatic heterocycles. The molecule has 1 fully saturated rings. The molecule has 1 aromatic rings. The summed E-state index contributed by atoms with van der Waals surface area (Å²) in [5.74, 6) is 0.220. The Kier molecular flexibility index (Phi) is 5.76. The maximum Gasteiger partial charge on any atom is 0.310 e. The number of hydrogen-bond acceptors (Lipinski definition) is 6. The summed E-state index contributed by atoms with van der Waals surface area (Å²) < 4.78 is 4.94. The number of esters is 1. The molecule has 2 N–H and O–H groups in total. The van der Waals surface area contributed by atoms with Gasteiger partial charge in [-0.2, -0.15) is 0 Å². The van der Waals surface area contributed by atoms with Crippen molar-refractivity contribution in [2.24, 2.45) is 0 Å². The van der Waals surface area contributed by atoms with E-state index in [1.54, 1.807) is 6.92 Å². The zero-order chi connectivity index (χ0) is 15.2. The number of aliphatic hydroxyl groups is 1. The van der Waals surface area contributed by atoms with Crippen molar-refractivity contribution < 1.29 is 14.6 Å². The Labute approximate surface area is 128 Å². The first kappa shape index (κ1) is 16.0. The van der Waals surface area contributed by atoms with Gasteiger partial charge in [0.25, 0.3) is 0 Å². The van der Waals surface area contributed by atoms with Crippen LogP contribution in [0.25, 0.3) is 0 Å². The number of aliphatic hydroxyl groups excluding tert-OH is 1. The van der Waals surface area contributed by atoms with Crippen molar-refractivity contribution in [1.82, 2.24) is 9.97 Å². The third-order valence-electron chi connectivity index (χ3n) is 3.46. The molecule has 2 rings (SSSR count). The predicted molar refractivity (Wildman–Crippen MR) is 79.3 cm³/mol. The van der Waals surface area contributed by atoms with Crippen LogP contribution in [0.4, 0.5) is 5.82 Å². The molecule has 6 nitrogen and oxygen atoms in total. The van der Waals surface area contributed by atoms with Gasteiger partial charge in [0.15, 0.2) is 0 Å². The van der Waals surface area contributed by atoms with Crippen LogP contribution in [-0.4, -0.2) is 39.8 Å². The highest BCUT2D eigenvalue weighted by atomic mass is 35.5. The zero-order valence-electron chi connectivity index (χ0n) is 12.0. The number of ether oxygens (including phenoxy) is 1. The van der Waals surface area contributed by atoms with E-state index in [1.807, 2.05) is 0 Å². The van der Waals surface area contributed by atoms with Crippen molar-refractivity contribution in [1.29, 1.82) is 0 Å². The fraction of sp³-hybridized carbons (Fsp3) is 0.643. The highest BCUT2D eigenvalue weighted by Crippen LogP contribution is 2.24. The summed E-state index contributed by atoms with van der Waals surface area (Å²) in [5.41, 5.74) is 0.651. The Balaban J connectivity index is 2.09. The Morgan fingerprint density at radius 2 is 2.38 bits per heavy atom. The van der Waals surface area contributed by atoms with Crippen LogP contribution in [0.2, 0.25) is 5.28 Å². The summed E-state index contributed by atoms with van der Waals surface area (Å²) in [5, 5.41) is 13.1.